The number of nitrogens with one attached hydrogen (secondary N) is 1. The smallest absolute Gasteiger partial charge is 0.285 e. The molecule has 1 N–H and O–H groups in total. The molecule has 0 spiro atoms. The average molecular weight is 307 g/mol. The van der Waals surface area contributed by atoms with Crippen LogP contribution in [0.4, 0.5) is 0 Å². The monoisotopic (exact) mass is 307 g/mol. The number of sulfonamides is 1. The minimum absolute atomic E-state index is 0.0699. The minimum Gasteiger partial charge on any atom is -0.355 e. The second kappa shape index (κ2) is 5.14. The molecule has 0 saturated carbocycles. The van der Waals surface area contributed by atoms with Crippen LogP contribution in [0.5, 0.6) is 0 Å². The second-order valence-corrected chi connectivity index (χ2v) is 6.70. The molecule has 2 heterocycles. The first-order chi connectivity index (χ1) is 10.0. The molecule has 3 rings (SSSR count). The molecular formula is C14H17N3O3S. The van der Waals surface area contributed by atoms with E-state index in [0.717, 1.165) is 6.42 Å². The predicted octanol–water partition coefficient (Wildman–Crippen LogP) is 0.736. The van der Waals surface area contributed by atoms with E-state index < -0.39 is 10.0 Å². The summed E-state index contributed by atoms with van der Waals surface area (Å²) >= 11 is 0. The molecule has 0 unspecified atom stereocenters. The van der Waals surface area contributed by atoms with Gasteiger partial charge < -0.3 is 10.2 Å². The average Bonchev–Trinajstić information content (AvgIpc) is 3.03. The minimum atomic E-state index is -3.64. The number of hydrogen-bond acceptors (Lipinski definition) is 4. The Morgan fingerprint density at radius 1 is 1.43 bits per heavy atom. The maximum absolute atomic E-state index is 12.1. The Labute approximate surface area is 123 Å². The van der Waals surface area contributed by atoms with E-state index in [-0.39, 0.29) is 16.8 Å². The maximum Gasteiger partial charge on any atom is 0.285 e. The number of amides is 1. The van der Waals surface area contributed by atoms with Crippen LogP contribution >= 0.6 is 0 Å². The fourth-order valence-electron chi connectivity index (χ4n) is 2.88. The van der Waals surface area contributed by atoms with Gasteiger partial charge in [-0.15, -0.1) is 4.40 Å². The lowest BCUT2D eigenvalue weighted by molar-refractivity contribution is -0.124. The van der Waals surface area contributed by atoms with Crippen molar-refractivity contribution < 1.29 is 13.2 Å². The van der Waals surface area contributed by atoms with E-state index >= 15 is 0 Å². The summed E-state index contributed by atoms with van der Waals surface area (Å²) in [7, 11) is -3.64. The molecule has 112 valence electrons. The summed E-state index contributed by atoms with van der Waals surface area (Å²) in [5.74, 6) is 0.332. The number of rotatable bonds is 2. The number of hydrogen-bond donors (Lipinski definition) is 1. The van der Waals surface area contributed by atoms with E-state index in [2.05, 4.69) is 9.71 Å². The first-order valence-corrected chi connectivity index (χ1v) is 8.47. The molecule has 0 bridgehead atoms. The molecule has 1 saturated heterocycles. The molecule has 7 heteroatoms. The van der Waals surface area contributed by atoms with Gasteiger partial charge in [-0.1, -0.05) is 12.1 Å². The molecular weight excluding hydrogens is 290 g/mol. The number of likely N-dealkylation sites (N-methyl/N-ethyl adjacent to an activating group) is 1. The number of benzene rings is 1. The quantitative estimate of drug-likeness (QED) is 0.874. The molecule has 2 aliphatic rings. The van der Waals surface area contributed by atoms with Crippen LogP contribution in [0, 0.1) is 0 Å². The lowest BCUT2D eigenvalue weighted by atomic mass is 10.1. The summed E-state index contributed by atoms with van der Waals surface area (Å²) in [4.78, 5) is 14.2. The number of amidine groups is 1. The van der Waals surface area contributed by atoms with Gasteiger partial charge in [0.1, 0.15) is 10.9 Å². The molecule has 0 aromatic heterocycles. The summed E-state index contributed by atoms with van der Waals surface area (Å²) in [5, 5.41) is 2.80. The Hall–Kier alpha value is -1.89. The third-order valence-corrected chi connectivity index (χ3v) is 5.12. The van der Waals surface area contributed by atoms with Crippen LogP contribution in [0.15, 0.2) is 33.6 Å². The fraction of sp³-hybridized carbons (Fsp3) is 0.429. The largest absolute Gasteiger partial charge is 0.355 e. The first kappa shape index (κ1) is 14.1. The molecule has 2 aliphatic heterocycles. The molecule has 0 radical (unpaired) electrons. The molecule has 1 aromatic carbocycles. The highest BCUT2D eigenvalue weighted by atomic mass is 32.2. The lowest BCUT2D eigenvalue weighted by Gasteiger charge is -2.25. The van der Waals surface area contributed by atoms with Crippen molar-refractivity contribution in [2.45, 2.75) is 30.7 Å². The van der Waals surface area contributed by atoms with Crippen molar-refractivity contribution in [1.29, 1.82) is 0 Å². The van der Waals surface area contributed by atoms with Gasteiger partial charge in [-0.25, -0.2) is 0 Å². The van der Waals surface area contributed by atoms with Gasteiger partial charge in [-0.05, 0) is 31.9 Å². The Balaban J connectivity index is 1.99. The molecule has 1 aromatic rings. The van der Waals surface area contributed by atoms with Crippen LogP contribution in [-0.4, -0.2) is 44.2 Å². The zero-order valence-electron chi connectivity index (χ0n) is 11.7. The van der Waals surface area contributed by atoms with E-state index in [1.54, 1.807) is 24.3 Å². The molecule has 0 aliphatic carbocycles. The number of fused-ring (bicyclic) bond motifs is 1. The zero-order chi connectivity index (χ0) is 15.0. The lowest BCUT2D eigenvalue weighted by Crippen LogP contribution is -2.45. The maximum atomic E-state index is 12.1. The van der Waals surface area contributed by atoms with E-state index in [9.17, 15) is 13.2 Å². The highest BCUT2D eigenvalue weighted by Gasteiger charge is 2.38. The third-order valence-electron chi connectivity index (χ3n) is 3.79. The second-order valence-electron chi connectivity index (χ2n) is 5.13. The predicted molar refractivity (Wildman–Crippen MR) is 78.6 cm³/mol. The molecule has 6 nitrogen and oxygen atoms in total. The van der Waals surface area contributed by atoms with Gasteiger partial charge in [0.15, 0.2) is 5.84 Å². The molecule has 1 amide bonds. The van der Waals surface area contributed by atoms with Crippen LogP contribution in [-0.2, 0) is 14.8 Å². The third kappa shape index (κ3) is 2.31. The van der Waals surface area contributed by atoms with Gasteiger partial charge >= 0.3 is 0 Å². The summed E-state index contributed by atoms with van der Waals surface area (Å²) in [5.41, 5.74) is 0.591. The van der Waals surface area contributed by atoms with Crippen molar-refractivity contribution in [2.24, 2.45) is 4.40 Å². The van der Waals surface area contributed by atoms with Crippen molar-refractivity contribution >= 4 is 21.8 Å². The van der Waals surface area contributed by atoms with Crippen molar-refractivity contribution in [3.8, 4) is 0 Å². The molecule has 1 fully saturated rings. The van der Waals surface area contributed by atoms with Crippen molar-refractivity contribution in [1.82, 2.24) is 10.2 Å². The summed E-state index contributed by atoms with van der Waals surface area (Å²) in [6.07, 6.45) is 1.57. The Kier molecular flexibility index (Phi) is 3.44. The van der Waals surface area contributed by atoms with Crippen molar-refractivity contribution in [2.75, 3.05) is 13.1 Å². The van der Waals surface area contributed by atoms with Gasteiger partial charge in [0.25, 0.3) is 10.0 Å². The number of likely N-dealkylation sites (tertiary alicyclic amines) is 1. The van der Waals surface area contributed by atoms with Crippen LogP contribution in [0.1, 0.15) is 25.3 Å². The Bertz CT molecular complexity index is 712. The Morgan fingerprint density at radius 3 is 2.95 bits per heavy atom. The highest BCUT2D eigenvalue weighted by Crippen LogP contribution is 2.30. The summed E-state index contributed by atoms with van der Waals surface area (Å²) < 4.78 is 28.1. The number of carbonyl (C=O) groups excluding carboxylic acids is 1. The first-order valence-electron chi connectivity index (χ1n) is 7.03. The van der Waals surface area contributed by atoms with Gasteiger partial charge in [0.05, 0.1) is 0 Å². The van der Waals surface area contributed by atoms with E-state index in [0.29, 0.717) is 30.9 Å². The SMILES string of the molecule is CCNC(=O)[C@H]1CCCN1C1=NS(=O)(=O)c2ccccc21. The Morgan fingerprint density at radius 2 is 2.19 bits per heavy atom. The van der Waals surface area contributed by atoms with E-state index in [4.69, 9.17) is 0 Å². The van der Waals surface area contributed by atoms with Gasteiger partial charge in [-0.3, -0.25) is 4.79 Å². The number of nitrogens with zero attached hydrogens (tertiary/aromatic N) is 2. The topological polar surface area (TPSA) is 78.8 Å². The standard InChI is InChI=1S/C14H17N3O3S/c1-2-15-14(18)11-7-5-9-17(11)13-10-6-3-4-8-12(10)21(19,20)16-13/h3-4,6,8,11H,2,5,7,9H2,1H3,(H,15,18)/t11-/m1/s1. The fourth-order valence-corrected chi connectivity index (χ4v) is 4.10. The zero-order valence-corrected chi connectivity index (χ0v) is 12.6. The van der Waals surface area contributed by atoms with E-state index in [1.165, 1.54) is 0 Å². The van der Waals surface area contributed by atoms with Crippen molar-refractivity contribution in [3.63, 3.8) is 0 Å². The van der Waals surface area contributed by atoms with Crippen LogP contribution in [0.2, 0.25) is 0 Å². The van der Waals surface area contributed by atoms with Gasteiger partial charge in [0, 0.05) is 18.7 Å². The van der Waals surface area contributed by atoms with Crippen LogP contribution < -0.4 is 5.32 Å². The summed E-state index contributed by atoms with van der Waals surface area (Å²) in [6.45, 7) is 3.07. The molecule has 1 atom stereocenters. The van der Waals surface area contributed by atoms with Crippen molar-refractivity contribution in [3.05, 3.63) is 29.8 Å². The van der Waals surface area contributed by atoms with Crippen LogP contribution in [0.3, 0.4) is 0 Å². The number of carbonyl (C=O) groups is 1. The molecule has 21 heavy (non-hydrogen) atoms. The summed E-state index contributed by atoms with van der Waals surface area (Å²) in [6, 6.07) is 6.42. The normalized spacial score (nSPS) is 22.8. The van der Waals surface area contributed by atoms with Crippen LogP contribution in [0.25, 0.3) is 0 Å². The van der Waals surface area contributed by atoms with Gasteiger partial charge in [-0.2, -0.15) is 8.42 Å². The van der Waals surface area contributed by atoms with E-state index in [1.807, 2.05) is 11.8 Å². The van der Waals surface area contributed by atoms with Gasteiger partial charge in [0.2, 0.25) is 5.91 Å². The highest BCUT2D eigenvalue weighted by molar-refractivity contribution is 7.90.